The number of hydrogen-bond donors (Lipinski definition) is 1. The third-order valence-corrected chi connectivity index (χ3v) is 9.54. The molecule has 2 aromatic carbocycles. The van der Waals surface area contributed by atoms with Crippen molar-refractivity contribution in [2.45, 2.75) is 82.7 Å². The summed E-state index contributed by atoms with van der Waals surface area (Å²) in [5, 5.41) is 9.07. The summed E-state index contributed by atoms with van der Waals surface area (Å²) in [5.74, 6) is 0.131. The maximum atomic E-state index is 14.9. The zero-order chi connectivity index (χ0) is 28.0. The normalized spacial score (nSPS) is 23.9. The largest absolute Gasteiger partial charge is 0.342 e. The summed E-state index contributed by atoms with van der Waals surface area (Å²) in [6.45, 7) is 5.10. The summed E-state index contributed by atoms with van der Waals surface area (Å²) < 4.78 is 30.5. The van der Waals surface area contributed by atoms with Crippen LogP contribution in [-0.4, -0.2) is 50.7 Å². The fraction of sp³-hybridized carbons (Fsp3) is 0.516. The molecule has 3 atom stereocenters. The van der Waals surface area contributed by atoms with Crippen LogP contribution in [0.5, 0.6) is 0 Å². The lowest BCUT2D eigenvalue weighted by Crippen LogP contribution is -2.43. The van der Waals surface area contributed by atoms with Gasteiger partial charge in [0.05, 0.1) is 5.69 Å². The van der Waals surface area contributed by atoms with Crippen molar-refractivity contribution >= 4 is 17.5 Å². The van der Waals surface area contributed by atoms with E-state index in [0.29, 0.717) is 48.4 Å². The van der Waals surface area contributed by atoms with Gasteiger partial charge >= 0.3 is 0 Å². The van der Waals surface area contributed by atoms with E-state index in [-0.39, 0.29) is 29.7 Å². The van der Waals surface area contributed by atoms with Crippen molar-refractivity contribution in [2.75, 3.05) is 13.1 Å². The number of hydrogen-bond acceptors (Lipinski definition) is 4. The van der Waals surface area contributed by atoms with E-state index in [1.165, 1.54) is 18.6 Å². The Morgan fingerprint density at radius 2 is 1.77 bits per heavy atom. The zero-order valence-corrected chi connectivity index (χ0v) is 23.8. The van der Waals surface area contributed by atoms with Crippen LogP contribution in [0, 0.1) is 31.4 Å². The molecule has 2 heterocycles. The molecular formula is C31H36ClF2N5O. The second kappa shape index (κ2) is 11.2. The van der Waals surface area contributed by atoms with E-state index < -0.39 is 11.6 Å². The fourth-order valence-electron chi connectivity index (χ4n) is 6.74. The fourth-order valence-corrected chi connectivity index (χ4v) is 6.86. The van der Waals surface area contributed by atoms with Gasteiger partial charge in [-0.2, -0.15) is 5.10 Å². The summed E-state index contributed by atoms with van der Waals surface area (Å²) >= 11 is 6.25. The van der Waals surface area contributed by atoms with Gasteiger partial charge in [-0.15, -0.1) is 0 Å². The van der Waals surface area contributed by atoms with Crippen LogP contribution in [0.1, 0.15) is 79.6 Å². The molecule has 3 aromatic rings. The summed E-state index contributed by atoms with van der Waals surface area (Å²) in [7, 11) is 0. The van der Waals surface area contributed by atoms with Crippen molar-refractivity contribution in [2.24, 2.45) is 5.92 Å². The first-order valence-corrected chi connectivity index (χ1v) is 14.8. The lowest BCUT2D eigenvalue weighted by atomic mass is 9.86. The summed E-state index contributed by atoms with van der Waals surface area (Å²) in [5.41, 5.74) is 2.36. The Balaban J connectivity index is 1.18. The number of aromatic nitrogens is 3. The van der Waals surface area contributed by atoms with E-state index in [1.54, 1.807) is 0 Å². The standard InChI is InChI=1S/C31H36ClF2N5O/c1-18-14-24(7-9-28(18)32)39-30(35-19(2)37-39)20-10-12-38(13-11-20)31(40)27-17-23(36-22-4-3-5-22)16-26(27)25-8-6-21(33)15-29(25)34/h6-9,14-15,20,22-23,26-27,36H,3-5,10-13,16-17H2,1-2H3. The maximum Gasteiger partial charge on any atom is 0.226 e. The molecule has 0 bridgehead atoms. The van der Waals surface area contributed by atoms with Crippen molar-refractivity contribution in [3.63, 3.8) is 0 Å². The minimum atomic E-state index is -0.592. The highest BCUT2D eigenvalue weighted by Crippen LogP contribution is 2.43. The molecule has 9 heteroatoms. The number of benzene rings is 2. The van der Waals surface area contributed by atoms with Gasteiger partial charge in [0, 0.05) is 48.1 Å². The molecule has 1 aliphatic heterocycles. The molecule has 1 amide bonds. The number of carbonyl (C=O) groups excluding carboxylic acids is 1. The zero-order valence-electron chi connectivity index (χ0n) is 23.0. The number of rotatable bonds is 6. The first-order valence-electron chi connectivity index (χ1n) is 14.5. The van der Waals surface area contributed by atoms with E-state index >= 15 is 0 Å². The molecule has 0 spiro atoms. The van der Waals surface area contributed by atoms with Crippen LogP contribution in [-0.2, 0) is 4.79 Å². The van der Waals surface area contributed by atoms with Crippen molar-refractivity contribution in [1.29, 1.82) is 0 Å². The Bertz CT molecular complexity index is 1400. The summed E-state index contributed by atoms with van der Waals surface area (Å²) in [4.78, 5) is 20.6. The molecular weight excluding hydrogens is 532 g/mol. The highest BCUT2D eigenvalue weighted by Gasteiger charge is 2.44. The Labute approximate surface area is 239 Å². The van der Waals surface area contributed by atoms with Gasteiger partial charge in [-0.3, -0.25) is 4.79 Å². The number of nitrogens with one attached hydrogen (secondary N) is 1. The van der Waals surface area contributed by atoms with Gasteiger partial charge in [0.1, 0.15) is 23.3 Å². The molecule has 6 nitrogen and oxygen atoms in total. The number of nitrogens with zero attached hydrogens (tertiary/aromatic N) is 4. The Morgan fingerprint density at radius 1 is 1.00 bits per heavy atom. The van der Waals surface area contributed by atoms with Crippen molar-refractivity contribution in [1.82, 2.24) is 25.0 Å². The van der Waals surface area contributed by atoms with Gasteiger partial charge < -0.3 is 10.2 Å². The molecule has 1 N–H and O–H groups in total. The van der Waals surface area contributed by atoms with Crippen LogP contribution in [0.4, 0.5) is 8.78 Å². The second-order valence-corrected chi connectivity index (χ2v) is 12.2. The van der Waals surface area contributed by atoms with Crippen LogP contribution < -0.4 is 5.32 Å². The van der Waals surface area contributed by atoms with E-state index in [2.05, 4.69) is 10.4 Å². The van der Waals surface area contributed by atoms with Crippen LogP contribution in [0.3, 0.4) is 0 Å². The van der Waals surface area contributed by atoms with Gasteiger partial charge in [0.15, 0.2) is 0 Å². The number of carbonyl (C=O) groups is 1. The molecule has 1 saturated heterocycles. The first kappa shape index (κ1) is 27.3. The molecule has 40 heavy (non-hydrogen) atoms. The third-order valence-electron chi connectivity index (χ3n) is 9.11. The smallest absolute Gasteiger partial charge is 0.226 e. The van der Waals surface area contributed by atoms with Crippen LogP contribution in [0.15, 0.2) is 36.4 Å². The van der Waals surface area contributed by atoms with Crippen LogP contribution >= 0.6 is 11.6 Å². The monoisotopic (exact) mass is 567 g/mol. The summed E-state index contributed by atoms with van der Waals surface area (Å²) in [6.07, 6.45) is 6.46. The SMILES string of the molecule is Cc1nc(C2CCN(C(=O)C3CC(NC4CCC4)CC3c3ccc(F)cc3F)CC2)n(-c2ccc(Cl)c(C)c2)n1. The van der Waals surface area contributed by atoms with E-state index in [9.17, 15) is 13.6 Å². The summed E-state index contributed by atoms with van der Waals surface area (Å²) in [6, 6.07) is 10.3. The van der Waals surface area contributed by atoms with E-state index in [1.807, 2.05) is 41.6 Å². The van der Waals surface area contributed by atoms with Gasteiger partial charge in [-0.25, -0.2) is 18.4 Å². The molecule has 2 aliphatic carbocycles. The van der Waals surface area contributed by atoms with Gasteiger partial charge in [0.2, 0.25) is 5.91 Å². The molecule has 2 saturated carbocycles. The molecule has 0 radical (unpaired) electrons. The number of aryl methyl sites for hydroxylation is 2. The number of likely N-dealkylation sites (tertiary alicyclic amines) is 1. The number of halogens is 3. The van der Waals surface area contributed by atoms with Crippen LogP contribution in [0.2, 0.25) is 5.02 Å². The number of piperidine rings is 1. The molecule has 3 unspecified atom stereocenters. The molecule has 3 fully saturated rings. The van der Waals surface area contributed by atoms with Crippen molar-refractivity contribution in [3.05, 3.63) is 75.8 Å². The van der Waals surface area contributed by atoms with Gasteiger partial charge in [0.25, 0.3) is 0 Å². The van der Waals surface area contributed by atoms with E-state index in [4.69, 9.17) is 16.6 Å². The number of amides is 1. The minimum absolute atomic E-state index is 0.0797. The van der Waals surface area contributed by atoms with Crippen molar-refractivity contribution in [3.8, 4) is 5.69 Å². The minimum Gasteiger partial charge on any atom is -0.342 e. The highest BCUT2D eigenvalue weighted by molar-refractivity contribution is 6.31. The molecule has 212 valence electrons. The quantitative estimate of drug-likeness (QED) is 0.384. The van der Waals surface area contributed by atoms with Crippen LogP contribution in [0.25, 0.3) is 5.69 Å². The predicted molar refractivity (Wildman–Crippen MR) is 151 cm³/mol. The first-order chi connectivity index (χ1) is 19.3. The van der Waals surface area contributed by atoms with Gasteiger partial charge in [-0.05, 0) is 93.7 Å². The third kappa shape index (κ3) is 5.40. The second-order valence-electron chi connectivity index (χ2n) is 11.8. The Morgan fingerprint density at radius 3 is 2.45 bits per heavy atom. The lowest BCUT2D eigenvalue weighted by Gasteiger charge is -2.34. The maximum absolute atomic E-state index is 14.9. The molecule has 3 aliphatic rings. The molecule has 1 aromatic heterocycles. The Kier molecular flexibility index (Phi) is 7.66. The van der Waals surface area contributed by atoms with Crippen molar-refractivity contribution < 1.29 is 13.6 Å². The van der Waals surface area contributed by atoms with Gasteiger partial charge in [-0.1, -0.05) is 24.1 Å². The lowest BCUT2D eigenvalue weighted by molar-refractivity contribution is -0.137. The average molecular weight is 568 g/mol. The van der Waals surface area contributed by atoms with E-state index in [0.717, 1.165) is 48.8 Å². The highest BCUT2D eigenvalue weighted by atomic mass is 35.5. The Hall–Kier alpha value is -2.84. The molecule has 6 rings (SSSR count). The predicted octanol–water partition coefficient (Wildman–Crippen LogP) is 6.23. The average Bonchev–Trinajstić information content (AvgIpc) is 3.51. The topological polar surface area (TPSA) is 63.1 Å².